The maximum absolute atomic E-state index is 12.6. The van der Waals surface area contributed by atoms with E-state index in [-0.39, 0.29) is 5.92 Å². The molecule has 0 spiro atoms. The highest BCUT2D eigenvalue weighted by Gasteiger charge is 2.11. The maximum Gasteiger partial charge on any atom is 0.122 e. The Morgan fingerprint density at radius 1 is 1.42 bits per heavy atom. The molecule has 0 bridgehead atoms. The largest absolute Gasteiger partial charge is 0.496 e. The number of nitrogens with one attached hydrogen (secondary N) is 1. The van der Waals surface area contributed by atoms with Gasteiger partial charge in [-0.3, -0.25) is 5.10 Å². The molecule has 1 atom stereocenters. The third-order valence-electron chi connectivity index (χ3n) is 4.01. The first-order valence-corrected chi connectivity index (χ1v) is 8.28. The Morgan fingerprint density at radius 2 is 2.21 bits per heavy atom. The summed E-state index contributed by atoms with van der Waals surface area (Å²) in [6.07, 6.45) is 5.96. The highest BCUT2D eigenvalue weighted by atomic mass is 19.1. The topological polar surface area (TPSA) is 37.9 Å². The summed E-state index contributed by atoms with van der Waals surface area (Å²) < 4.78 is 18.1. The van der Waals surface area contributed by atoms with E-state index in [2.05, 4.69) is 42.8 Å². The average molecular weight is 328 g/mol. The van der Waals surface area contributed by atoms with Gasteiger partial charge in [-0.1, -0.05) is 32.9 Å². The van der Waals surface area contributed by atoms with Gasteiger partial charge in [0.15, 0.2) is 0 Å². The van der Waals surface area contributed by atoms with Crippen LogP contribution in [0.1, 0.15) is 43.9 Å². The molecule has 0 aliphatic carbocycles. The van der Waals surface area contributed by atoms with Gasteiger partial charge in [0.25, 0.3) is 0 Å². The van der Waals surface area contributed by atoms with Crippen LogP contribution in [0.15, 0.2) is 48.8 Å². The number of allylic oxidation sites excluding steroid dienone is 3. The third-order valence-corrected chi connectivity index (χ3v) is 4.01. The lowest BCUT2D eigenvalue weighted by atomic mass is 10.0. The first-order valence-electron chi connectivity index (χ1n) is 8.28. The Kier molecular flexibility index (Phi) is 6.36. The molecule has 1 heterocycles. The lowest BCUT2D eigenvalue weighted by Gasteiger charge is -2.09. The van der Waals surface area contributed by atoms with Gasteiger partial charge < -0.3 is 4.74 Å². The predicted octanol–water partition coefficient (Wildman–Crippen LogP) is 5.57. The molecule has 0 amide bonds. The fourth-order valence-electron chi connectivity index (χ4n) is 2.67. The summed E-state index contributed by atoms with van der Waals surface area (Å²) in [6.45, 7) is 7.46. The van der Waals surface area contributed by atoms with E-state index in [1.165, 1.54) is 11.6 Å². The van der Waals surface area contributed by atoms with Gasteiger partial charge in [-0.05, 0) is 48.7 Å². The summed E-state index contributed by atoms with van der Waals surface area (Å²) in [6, 6.07) is 8.21. The summed E-state index contributed by atoms with van der Waals surface area (Å²) in [5, 5.41) is 7.52. The Hall–Kier alpha value is -2.36. The molecule has 1 aromatic heterocycles. The summed E-state index contributed by atoms with van der Waals surface area (Å²) in [5.41, 5.74) is 4.21. The monoisotopic (exact) mass is 328 g/mol. The van der Waals surface area contributed by atoms with Crippen LogP contribution in [0.5, 0.6) is 5.75 Å². The fraction of sp³-hybridized carbons (Fsp3) is 0.350. The molecular formula is C20H25FN2O. The fourth-order valence-corrected chi connectivity index (χ4v) is 2.67. The second kappa shape index (κ2) is 8.48. The molecule has 0 aliphatic heterocycles. The van der Waals surface area contributed by atoms with Crippen molar-refractivity contribution < 1.29 is 9.13 Å². The molecule has 0 saturated carbocycles. The molecule has 1 aromatic carbocycles. The van der Waals surface area contributed by atoms with Gasteiger partial charge in [0.1, 0.15) is 11.6 Å². The number of benzene rings is 1. The molecule has 1 N–H and O–H groups in total. The smallest absolute Gasteiger partial charge is 0.122 e. The van der Waals surface area contributed by atoms with E-state index in [1.54, 1.807) is 13.2 Å². The van der Waals surface area contributed by atoms with Crippen LogP contribution >= 0.6 is 0 Å². The number of aromatic amines is 1. The SMILES string of the molecule is C=C(F)/C=C\CC(C)c1cc(-c2ccc(OC)c(CCC)c2)n[nH]1. The van der Waals surface area contributed by atoms with Crippen molar-refractivity contribution in [3.8, 4) is 17.0 Å². The normalized spacial score (nSPS) is 12.5. The molecule has 0 aliphatic rings. The first kappa shape index (κ1) is 18.0. The average Bonchev–Trinajstić information content (AvgIpc) is 3.05. The number of halogens is 1. The second-order valence-corrected chi connectivity index (χ2v) is 5.97. The molecule has 4 heteroatoms. The van der Waals surface area contributed by atoms with Gasteiger partial charge in [-0.25, -0.2) is 4.39 Å². The number of methoxy groups -OCH3 is 1. The van der Waals surface area contributed by atoms with Crippen LogP contribution in [0.25, 0.3) is 11.3 Å². The predicted molar refractivity (Wildman–Crippen MR) is 97.0 cm³/mol. The molecule has 128 valence electrons. The van der Waals surface area contributed by atoms with Crippen molar-refractivity contribution >= 4 is 0 Å². The number of H-pyrrole nitrogens is 1. The molecule has 0 fully saturated rings. The lowest BCUT2D eigenvalue weighted by molar-refractivity contribution is 0.409. The van der Waals surface area contributed by atoms with Gasteiger partial charge in [-0.2, -0.15) is 5.10 Å². The van der Waals surface area contributed by atoms with Crippen molar-refractivity contribution in [2.75, 3.05) is 7.11 Å². The third kappa shape index (κ3) is 4.57. The number of hydrogen-bond donors (Lipinski definition) is 1. The minimum atomic E-state index is -0.422. The van der Waals surface area contributed by atoms with E-state index in [4.69, 9.17) is 4.74 Å². The van der Waals surface area contributed by atoms with Gasteiger partial charge in [-0.15, -0.1) is 0 Å². The van der Waals surface area contributed by atoms with Crippen LogP contribution in [-0.2, 0) is 6.42 Å². The van der Waals surface area contributed by atoms with Crippen molar-refractivity contribution in [1.29, 1.82) is 0 Å². The molecule has 1 unspecified atom stereocenters. The minimum Gasteiger partial charge on any atom is -0.496 e. The molecule has 3 nitrogen and oxygen atoms in total. The molecule has 0 saturated heterocycles. The highest BCUT2D eigenvalue weighted by Crippen LogP contribution is 2.28. The van der Waals surface area contributed by atoms with Gasteiger partial charge in [0.05, 0.1) is 12.8 Å². The molecule has 2 aromatic rings. The van der Waals surface area contributed by atoms with Gasteiger partial charge in [0.2, 0.25) is 0 Å². The van der Waals surface area contributed by atoms with Crippen molar-refractivity contribution in [1.82, 2.24) is 10.2 Å². The van der Waals surface area contributed by atoms with E-state index >= 15 is 0 Å². The minimum absolute atomic E-state index is 0.232. The van der Waals surface area contributed by atoms with Crippen LogP contribution in [0, 0.1) is 0 Å². The van der Waals surface area contributed by atoms with Crippen LogP contribution in [0.3, 0.4) is 0 Å². The van der Waals surface area contributed by atoms with E-state index in [9.17, 15) is 4.39 Å². The van der Waals surface area contributed by atoms with Crippen molar-refractivity contribution in [3.05, 3.63) is 60.1 Å². The number of aryl methyl sites for hydroxylation is 1. The zero-order chi connectivity index (χ0) is 17.5. The Bertz CT molecular complexity index is 718. The van der Waals surface area contributed by atoms with Crippen LogP contribution in [0.4, 0.5) is 4.39 Å². The molecule has 2 rings (SSSR count). The molecule has 0 radical (unpaired) electrons. The number of nitrogens with zero attached hydrogens (tertiary/aromatic N) is 1. The van der Waals surface area contributed by atoms with Gasteiger partial charge >= 0.3 is 0 Å². The summed E-state index contributed by atoms with van der Waals surface area (Å²) in [5.74, 6) is 0.728. The van der Waals surface area contributed by atoms with Crippen molar-refractivity contribution in [2.45, 2.75) is 39.0 Å². The first-order chi connectivity index (χ1) is 11.5. The quantitative estimate of drug-likeness (QED) is 0.643. The zero-order valence-corrected chi connectivity index (χ0v) is 14.6. The number of hydrogen-bond acceptors (Lipinski definition) is 2. The molecular weight excluding hydrogens is 303 g/mol. The van der Waals surface area contributed by atoms with Crippen LogP contribution < -0.4 is 4.74 Å². The van der Waals surface area contributed by atoms with E-state index in [0.717, 1.165) is 42.0 Å². The number of rotatable bonds is 8. The summed E-state index contributed by atoms with van der Waals surface area (Å²) >= 11 is 0. The van der Waals surface area contributed by atoms with Crippen LogP contribution in [-0.4, -0.2) is 17.3 Å². The second-order valence-electron chi connectivity index (χ2n) is 5.97. The number of ether oxygens (including phenoxy) is 1. The van der Waals surface area contributed by atoms with Crippen molar-refractivity contribution in [3.63, 3.8) is 0 Å². The molecule has 24 heavy (non-hydrogen) atoms. The highest BCUT2D eigenvalue weighted by molar-refractivity contribution is 5.62. The van der Waals surface area contributed by atoms with E-state index in [0.29, 0.717) is 0 Å². The van der Waals surface area contributed by atoms with E-state index < -0.39 is 5.83 Å². The van der Waals surface area contributed by atoms with Gasteiger partial charge in [0, 0.05) is 17.2 Å². The Balaban J connectivity index is 2.18. The number of aromatic nitrogens is 2. The Morgan fingerprint density at radius 3 is 2.88 bits per heavy atom. The summed E-state index contributed by atoms with van der Waals surface area (Å²) in [7, 11) is 1.70. The maximum atomic E-state index is 12.6. The lowest BCUT2D eigenvalue weighted by Crippen LogP contribution is -1.92. The van der Waals surface area contributed by atoms with Crippen LogP contribution in [0.2, 0.25) is 0 Å². The summed E-state index contributed by atoms with van der Waals surface area (Å²) in [4.78, 5) is 0. The Labute approximate surface area is 143 Å². The standard InChI is InChI=1S/C20H25FN2O/c1-5-7-17-12-16(10-11-20(17)24-4)19-13-18(22-23-19)14(2)8-6-9-15(3)21/h6,9-14H,3,5,7-8H2,1-2,4H3,(H,22,23)/b9-6-. The zero-order valence-electron chi connectivity index (χ0n) is 14.6. The van der Waals surface area contributed by atoms with E-state index in [1.807, 2.05) is 12.1 Å². The van der Waals surface area contributed by atoms with Crippen molar-refractivity contribution in [2.24, 2.45) is 0 Å².